The molecule has 2 unspecified atom stereocenters. The number of rotatable bonds is 3. The number of hydrogen-bond acceptors (Lipinski definition) is 2. The molecule has 1 amide bonds. The van der Waals surface area contributed by atoms with Gasteiger partial charge in [-0.3, -0.25) is 4.79 Å². The zero-order chi connectivity index (χ0) is 8.55. The molecular weight excluding hydrogens is 152 g/mol. The Morgan fingerprint density at radius 1 is 1.50 bits per heavy atom. The summed E-state index contributed by atoms with van der Waals surface area (Å²) in [6, 6.07) is 0.505. The van der Waals surface area contributed by atoms with Crippen LogP contribution in [0.5, 0.6) is 0 Å². The van der Waals surface area contributed by atoms with Crippen molar-refractivity contribution in [1.82, 2.24) is 10.6 Å². The van der Waals surface area contributed by atoms with Crippen LogP contribution in [0, 0.1) is 11.8 Å². The molecular formula is C9H16N2O. The summed E-state index contributed by atoms with van der Waals surface area (Å²) in [6.45, 7) is 4.23. The van der Waals surface area contributed by atoms with Gasteiger partial charge in [-0.25, -0.2) is 0 Å². The molecule has 0 radical (unpaired) electrons. The van der Waals surface area contributed by atoms with Crippen LogP contribution in [-0.4, -0.2) is 25.0 Å². The van der Waals surface area contributed by atoms with Crippen molar-refractivity contribution >= 4 is 5.91 Å². The van der Waals surface area contributed by atoms with Crippen LogP contribution in [0.25, 0.3) is 0 Å². The molecule has 0 aromatic heterocycles. The van der Waals surface area contributed by atoms with Gasteiger partial charge in [0, 0.05) is 25.6 Å². The third-order valence-corrected chi connectivity index (χ3v) is 2.90. The van der Waals surface area contributed by atoms with Crippen LogP contribution in [0.15, 0.2) is 0 Å². The molecule has 2 rings (SSSR count). The molecule has 0 spiro atoms. The van der Waals surface area contributed by atoms with Crippen molar-refractivity contribution in [3.63, 3.8) is 0 Å². The van der Waals surface area contributed by atoms with Crippen LogP contribution in [0.3, 0.4) is 0 Å². The summed E-state index contributed by atoms with van der Waals surface area (Å²) in [5.41, 5.74) is 0. The standard InChI is InChI=1S/C9H16N2O/c1-2-3-8(12)11-9-6-4-10-5-7(6)9/h6-7,9-10H,2-5H2,1H3,(H,11,12). The summed E-state index contributed by atoms with van der Waals surface area (Å²) in [4.78, 5) is 11.2. The fourth-order valence-corrected chi connectivity index (χ4v) is 2.12. The topological polar surface area (TPSA) is 41.1 Å². The van der Waals surface area contributed by atoms with E-state index in [0.29, 0.717) is 12.5 Å². The van der Waals surface area contributed by atoms with E-state index < -0.39 is 0 Å². The molecule has 1 aliphatic heterocycles. The van der Waals surface area contributed by atoms with E-state index in [9.17, 15) is 4.79 Å². The fraction of sp³-hybridized carbons (Fsp3) is 0.889. The van der Waals surface area contributed by atoms with Gasteiger partial charge in [0.2, 0.25) is 5.91 Å². The summed E-state index contributed by atoms with van der Waals surface area (Å²) in [6.07, 6.45) is 1.63. The molecule has 0 aromatic carbocycles. The van der Waals surface area contributed by atoms with Crippen molar-refractivity contribution in [2.45, 2.75) is 25.8 Å². The van der Waals surface area contributed by atoms with E-state index in [0.717, 1.165) is 31.3 Å². The third kappa shape index (κ3) is 1.33. The van der Waals surface area contributed by atoms with Gasteiger partial charge in [-0.1, -0.05) is 6.92 Å². The molecule has 0 aromatic rings. The van der Waals surface area contributed by atoms with Gasteiger partial charge in [-0.05, 0) is 18.3 Å². The number of fused-ring (bicyclic) bond motifs is 1. The average Bonchev–Trinajstić information content (AvgIpc) is 2.51. The normalized spacial score (nSPS) is 37.6. The van der Waals surface area contributed by atoms with Gasteiger partial charge in [-0.2, -0.15) is 0 Å². The Morgan fingerprint density at radius 3 is 2.75 bits per heavy atom. The summed E-state index contributed by atoms with van der Waals surface area (Å²) in [7, 11) is 0. The number of carbonyl (C=O) groups excluding carboxylic acids is 1. The van der Waals surface area contributed by atoms with Gasteiger partial charge >= 0.3 is 0 Å². The van der Waals surface area contributed by atoms with Crippen molar-refractivity contribution in [2.75, 3.05) is 13.1 Å². The molecule has 2 fully saturated rings. The first-order chi connectivity index (χ1) is 5.83. The van der Waals surface area contributed by atoms with Gasteiger partial charge in [0.1, 0.15) is 0 Å². The highest BCUT2D eigenvalue weighted by atomic mass is 16.1. The molecule has 1 aliphatic carbocycles. The van der Waals surface area contributed by atoms with Gasteiger partial charge in [0.05, 0.1) is 0 Å². The number of nitrogens with one attached hydrogen (secondary N) is 2. The quantitative estimate of drug-likeness (QED) is 0.628. The Morgan fingerprint density at radius 2 is 2.17 bits per heavy atom. The monoisotopic (exact) mass is 168 g/mol. The molecule has 3 heteroatoms. The number of piperidine rings is 1. The molecule has 2 N–H and O–H groups in total. The first-order valence-electron chi connectivity index (χ1n) is 4.83. The van der Waals surface area contributed by atoms with Crippen molar-refractivity contribution < 1.29 is 4.79 Å². The Labute approximate surface area is 72.9 Å². The number of amides is 1. The molecule has 1 saturated carbocycles. The van der Waals surface area contributed by atoms with E-state index in [1.165, 1.54) is 0 Å². The molecule has 0 bridgehead atoms. The average molecular weight is 168 g/mol. The lowest BCUT2D eigenvalue weighted by molar-refractivity contribution is -0.121. The maximum Gasteiger partial charge on any atom is 0.220 e. The highest BCUT2D eigenvalue weighted by Crippen LogP contribution is 2.41. The molecule has 2 aliphatic rings. The van der Waals surface area contributed by atoms with Crippen molar-refractivity contribution in [1.29, 1.82) is 0 Å². The van der Waals surface area contributed by atoms with E-state index >= 15 is 0 Å². The molecule has 68 valence electrons. The smallest absolute Gasteiger partial charge is 0.220 e. The van der Waals surface area contributed by atoms with Crippen LogP contribution >= 0.6 is 0 Å². The Kier molecular flexibility index (Phi) is 2.05. The van der Waals surface area contributed by atoms with E-state index in [-0.39, 0.29) is 5.91 Å². The van der Waals surface area contributed by atoms with Gasteiger partial charge < -0.3 is 10.6 Å². The van der Waals surface area contributed by atoms with E-state index in [4.69, 9.17) is 0 Å². The first kappa shape index (κ1) is 8.05. The highest BCUT2D eigenvalue weighted by molar-refractivity contribution is 5.76. The second kappa shape index (κ2) is 3.05. The number of carbonyl (C=O) groups is 1. The second-order valence-electron chi connectivity index (χ2n) is 3.83. The lowest BCUT2D eigenvalue weighted by atomic mass is 10.3. The zero-order valence-electron chi connectivity index (χ0n) is 7.47. The largest absolute Gasteiger partial charge is 0.353 e. The molecule has 12 heavy (non-hydrogen) atoms. The van der Waals surface area contributed by atoms with Gasteiger partial charge in [0.15, 0.2) is 0 Å². The predicted octanol–water partition coefficient (Wildman–Crippen LogP) is 0.120. The van der Waals surface area contributed by atoms with Crippen molar-refractivity contribution in [3.05, 3.63) is 0 Å². The highest BCUT2D eigenvalue weighted by Gasteiger charge is 2.53. The van der Waals surface area contributed by atoms with E-state index in [1.54, 1.807) is 0 Å². The van der Waals surface area contributed by atoms with E-state index in [2.05, 4.69) is 10.6 Å². The number of hydrogen-bond donors (Lipinski definition) is 2. The van der Waals surface area contributed by atoms with Crippen LogP contribution in [0.2, 0.25) is 0 Å². The fourth-order valence-electron chi connectivity index (χ4n) is 2.12. The molecule has 3 nitrogen and oxygen atoms in total. The summed E-state index contributed by atoms with van der Waals surface area (Å²) in [5, 5.41) is 6.38. The first-order valence-corrected chi connectivity index (χ1v) is 4.83. The Bertz CT molecular complexity index is 183. The second-order valence-corrected chi connectivity index (χ2v) is 3.83. The molecule has 2 atom stereocenters. The maximum absolute atomic E-state index is 11.2. The van der Waals surface area contributed by atoms with Gasteiger partial charge in [0.25, 0.3) is 0 Å². The van der Waals surface area contributed by atoms with Crippen LogP contribution in [-0.2, 0) is 4.79 Å². The summed E-state index contributed by atoms with van der Waals surface area (Å²) >= 11 is 0. The Hall–Kier alpha value is -0.570. The summed E-state index contributed by atoms with van der Waals surface area (Å²) in [5.74, 6) is 1.72. The minimum Gasteiger partial charge on any atom is -0.353 e. The molecule has 1 heterocycles. The lowest BCUT2D eigenvalue weighted by Crippen LogP contribution is -2.32. The zero-order valence-corrected chi connectivity index (χ0v) is 7.47. The van der Waals surface area contributed by atoms with Gasteiger partial charge in [-0.15, -0.1) is 0 Å². The van der Waals surface area contributed by atoms with Crippen molar-refractivity contribution in [3.8, 4) is 0 Å². The maximum atomic E-state index is 11.2. The van der Waals surface area contributed by atoms with Crippen LogP contribution < -0.4 is 10.6 Å². The van der Waals surface area contributed by atoms with E-state index in [1.807, 2.05) is 6.92 Å². The predicted molar refractivity (Wildman–Crippen MR) is 46.7 cm³/mol. The van der Waals surface area contributed by atoms with Crippen LogP contribution in [0.1, 0.15) is 19.8 Å². The van der Waals surface area contributed by atoms with Crippen LogP contribution in [0.4, 0.5) is 0 Å². The summed E-state index contributed by atoms with van der Waals surface area (Å²) < 4.78 is 0. The third-order valence-electron chi connectivity index (χ3n) is 2.90. The minimum absolute atomic E-state index is 0.233. The molecule has 1 saturated heterocycles. The Balaban J connectivity index is 1.72. The van der Waals surface area contributed by atoms with Crippen molar-refractivity contribution in [2.24, 2.45) is 11.8 Å². The SMILES string of the molecule is CCCC(=O)NC1C2CNCC21. The lowest BCUT2D eigenvalue weighted by Gasteiger charge is -2.06. The minimum atomic E-state index is 0.233.